The molecule has 4 rings (SSSR count). The minimum atomic E-state index is -0.642. The lowest BCUT2D eigenvalue weighted by Crippen LogP contribution is -2.44. The van der Waals surface area contributed by atoms with Crippen molar-refractivity contribution in [2.24, 2.45) is 11.3 Å². The van der Waals surface area contributed by atoms with Gasteiger partial charge in [0.2, 0.25) is 0 Å². The van der Waals surface area contributed by atoms with Gasteiger partial charge < -0.3 is 14.3 Å². The third-order valence-corrected chi connectivity index (χ3v) is 6.00. The highest BCUT2D eigenvalue weighted by molar-refractivity contribution is 5.76. The monoisotopic (exact) mass is 335 g/mol. The van der Waals surface area contributed by atoms with Crippen LogP contribution in [0.25, 0.3) is 0 Å². The minimum Gasteiger partial charge on any atom is -0.481 e. The molecule has 0 radical (unpaired) electrons. The van der Waals surface area contributed by atoms with Crippen molar-refractivity contribution >= 4 is 5.97 Å². The number of hydrogen-bond acceptors (Lipinski definition) is 6. The molecule has 7 nitrogen and oxygen atoms in total. The fourth-order valence-corrected chi connectivity index (χ4v) is 4.72. The van der Waals surface area contributed by atoms with Gasteiger partial charge in [0.25, 0.3) is 0 Å². The summed E-state index contributed by atoms with van der Waals surface area (Å²) in [4.78, 5) is 20.8. The molecule has 3 fully saturated rings. The molecule has 3 aliphatic rings. The van der Waals surface area contributed by atoms with Crippen LogP contribution in [0.15, 0.2) is 17.0 Å². The Morgan fingerprint density at radius 3 is 3.08 bits per heavy atom. The molecule has 0 spiro atoms. The highest BCUT2D eigenvalue weighted by Gasteiger charge is 2.53. The summed E-state index contributed by atoms with van der Waals surface area (Å²) in [5, 5.41) is 10.0. The van der Waals surface area contributed by atoms with Gasteiger partial charge in [-0.15, -0.1) is 0 Å². The first-order valence-electron chi connectivity index (χ1n) is 8.82. The van der Waals surface area contributed by atoms with Crippen molar-refractivity contribution in [2.75, 3.05) is 39.4 Å². The molecule has 0 saturated carbocycles. The molecule has 0 bridgehead atoms. The van der Waals surface area contributed by atoms with Crippen LogP contribution in [0.1, 0.15) is 25.0 Å². The van der Waals surface area contributed by atoms with E-state index in [1.54, 1.807) is 6.20 Å². The summed E-state index contributed by atoms with van der Waals surface area (Å²) in [7, 11) is 0. The van der Waals surface area contributed by atoms with E-state index in [9.17, 15) is 9.90 Å². The second kappa shape index (κ2) is 6.46. The van der Waals surface area contributed by atoms with Crippen LogP contribution in [0.2, 0.25) is 0 Å². The van der Waals surface area contributed by atoms with E-state index < -0.39 is 11.4 Å². The van der Waals surface area contributed by atoms with E-state index in [0.717, 1.165) is 57.9 Å². The Morgan fingerprint density at radius 1 is 1.46 bits per heavy atom. The number of hydrogen-bond donors (Lipinski definition) is 1. The van der Waals surface area contributed by atoms with E-state index in [0.29, 0.717) is 19.1 Å². The number of nitrogens with zero attached hydrogens (tertiary/aromatic N) is 3. The zero-order chi connectivity index (χ0) is 16.6. The number of aromatic nitrogens is 1. The van der Waals surface area contributed by atoms with Gasteiger partial charge in [-0.25, -0.2) is 4.98 Å². The fraction of sp³-hybridized carbons (Fsp3) is 0.765. The Kier molecular flexibility index (Phi) is 4.32. The Morgan fingerprint density at radius 2 is 2.38 bits per heavy atom. The van der Waals surface area contributed by atoms with Crippen LogP contribution in [0, 0.1) is 11.3 Å². The summed E-state index contributed by atoms with van der Waals surface area (Å²) in [6.07, 6.45) is 5.90. The number of carbonyl (C=O) groups is 1. The third-order valence-electron chi connectivity index (χ3n) is 6.00. The van der Waals surface area contributed by atoms with Gasteiger partial charge in [0, 0.05) is 38.2 Å². The number of carboxylic acid groups (broad SMARTS) is 1. The first-order chi connectivity index (χ1) is 11.7. The SMILES string of the molecule is O=C(O)[C@]12CCCN([C@H]3CCOC3)C[C@H]1CN(Cc1cnco1)C2. The number of ether oxygens (including phenoxy) is 1. The molecular formula is C17H25N3O4. The average molecular weight is 335 g/mol. The quantitative estimate of drug-likeness (QED) is 0.881. The van der Waals surface area contributed by atoms with E-state index in [-0.39, 0.29) is 5.92 Å². The van der Waals surface area contributed by atoms with Crippen molar-refractivity contribution in [3.05, 3.63) is 18.4 Å². The van der Waals surface area contributed by atoms with Crippen LogP contribution in [0.5, 0.6) is 0 Å². The predicted molar refractivity (Wildman–Crippen MR) is 85.4 cm³/mol. The van der Waals surface area contributed by atoms with Gasteiger partial charge in [-0.2, -0.15) is 0 Å². The number of rotatable bonds is 4. The molecule has 3 saturated heterocycles. The maximum atomic E-state index is 12.2. The summed E-state index contributed by atoms with van der Waals surface area (Å²) in [5.41, 5.74) is -0.631. The van der Waals surface area contributed by atoms with Crippen molar-refractivity contribution in [2.45, 2.75) is 31.8 Å². The summed E-state index contributed by atoms with van der Waals surface area (Å²) in [6.45, 7) is 5.49. The Bertz CT molecular complexity index is 572. The second-order valence-electron chi connectivity index (χ2n) is 7.41. The number of fused-ring (bicyclic) bond motifs is 1. The van der Waals surface area contributed by atoms with Gasteiger partial charge in [-0.05, 0) is 25.8 Å². The van der Waals surface area contributed by atoms with Gasteiger partial charge in [-0.1, -0.05) is 0 Å². The van der Waals surface area contributed by atoms with Crippen molar-refractivity contribution in [3.63, 3.8) is 0 Å². The largest absolute Gasteiger partial charge is 0.481 e. The zero-order valence-corrected chi connectivity index (χ0v) is 13.9. The normalized spacial score (nSPS) is 35.0. The third kappa shape index (κ3) is 2.85. The number of likely N-dealkylation sites (tertiary alicyclic amines) is 2. The molecule has 24 heavy (non-hydrogen) atoms. The van der Waals surface area contributed by atoms with Crippen molar-refractivity contribution in [1.82, 2.24) is 14.8 Å². The lowest BCUT2D eigenvalue weighted by molar-refractivity contribution is -0.151. The summed E-state index contributed by atoms with van der Waals surface area (Å²) in [5.74, 6) is 0.311. The lowest BCUT2D eigenvalue weighted by atomic mass is 9.75. The molecule has 1 aromatic rings. The maximum Gasteiger partial charge on any atom is 0.311 e. The Balaban J connectivity index is 1.51. The van der Waals surface area contributed by atoms with E-state index in [2.05, 4.69) is 14.8 Å². The molecule has 0 amide bonds. The van der Waals surface area contributed by atoms with Crippen molar-refractivity contribution in [1.29, 1.82) is 0 Å². The van der Waals surface area contributed by atoms with Crippen LogP contribution in [0.4, 0.5) is 0 Å². The summed E-state index contributed by atoms with van der Waals surface area (Å²) >= 11 is 0. The molecule has 3 aliphatic heterocycles. The van der Waals surface area contributed by atoms with Crippen LogP contribution in [0.3, 0.4) is 0 Å². The molecule has 132 valence electrons. The first kappa shape index (κ1) is 16.1. The average Bonchev–Trinajstić information content (AvgIpc) is 3.28. The van der Waals surface area contributed by atoms with Gasteiger partial charge in [0.1, 0.15) is 5.76 Å². The smallest absolute Gasteiger partial charge is 0.311 e. The molecule has 1 N–H and O–H groups in total. The molecule has 4 heterocycles. The van der Waals surface area contributed by atoms with E-state index in [1.807, 2.05) is 0 Å². The van der Waals surface area contributed by atoms with Crippen molar-refractivity contribution in [3.8, 4) is 0 Å². The highest BCUT2D eigenvalue weighted by atomic mass is 16.5. The van der Waals surface area contributed by atoms with Gasteiger partial charge in [-0.3, -0.25) is 14.6 Å². The van der Waals surface area contributed by atoms with Gasteiger partial charge in [0.15, 0.2) is 6.39 Å². The second-order valence-corrected chi connectivity index (χ2v) is 7.41. The standard InChI is InChI=1S/C17H25N3O4/c21-16(22)17-3-1-4-20(14-2-5-23-10-14)8-13(17)7-19(11-17)9-15-6-18-12-24-15/h6,12-14H,1-5,7-11H2,(H,21,22)/t13-,14+,17+/m1/s1. The molecule has 0 unspecified atom stereocenters. The lowest BCUT2D eigenvalue weighted by Gasteiger charge is -2.31. The van der Waals surface area contributed by atoms with Crippen molar-refractivity contribution < 1.29 is 19.1 Å². The van der Waals surface area contributed by atoms with Crippen LogP contribution in [-0.4, -0.2) is 71.3 Å². The molecule has 3 atom stereocenters. The fourth-order valence-electron chi connectivity index (χ4n) is 4.72. The number of aliphatic carboxylic acids is 1. The zero-order valence-electron chi connectivity index (χ0n) is 13.9. The first-order valence-corrected chi connectivity index (χ1v) is 8.82. The molecule has 1 aromatic heterocycles. The minimum absolute atomic E-state index is 0.154. The van der Waals surface area contributed by atoms with Crippen LogP contribution < -0.4 is 0 Å². The Hall–Kier alpha value is -1.44. The van der Waals surface area contributed by atoms with Crippen LogP contribution in [-0.2, 0) is 16.1 Å². The molecular weight excluding hydrogens is 310 g/mol. The van der Waals surface area contributed by atoms with Gasteiger partial charge >= 0.3 is 5.97 Å². The maximum absolute atomic E-state index is 12.2. The summed E-state index contributed by atoms with van der Waals surface area (Å²) in [6, 6.07) is 0.456. The van der Waals surface area contributed by atoms with E-state index in [1.165, 1.54) is 6.39 Å². The topological polar surface area (TPSA) is 79.0 Å². The van der Waals surface area contributed by atoms with Gasteiger partial charge in [0.05, 0.1) is 24.8 Å². The van der Waals surface area contributed by atoms with Crippen LogP contribution >= 0.6 is 0 Å². The molecule has 7 heteroatoms. The van der Waals surface area contributed by atoms with E-state index >= 15 is 0 Å². The highest BCUT2D eigenvalue weighted by Crippen LogP contribution is 2.44. The number of carboxylic acids is 1. The predicted octanol–water partition coefficient (Wildman–Crippen LogP) is 1.06. The molecule has 0 aromatic carbocycles. The molecule has 0 aliphatic carbocycles. The van der Waals surface area contributed by atoms with E-state index in [4.69, 9.17) is 9.15 Å². The Labute approximate surface area is 141 Å². The summed E-state index contributed by atoms with van der Waals surface area (Å²) < 4.78 is 10.9. The number of oxazole rings is 1.